The van der Waals surface area contributed by atoms with Crippen LogP contribution in [0.5, 0.6) is 5.75 Å². The van der Waals surface area contributed by atoms with E-state index in [0.717, 1.165) is 27.6 Å². The van der Waals surface area contributed by atoms with Gasteiger partial charge in [0.25, 0.3) is 0 Å². The van der Waals surface area contributed by atoms with Crippen molar-refractivity contribution in [2.75, 3.05) is 13.7 Å². The molecule has 25 heavy (non-hydrogen) atoms. The number of aliphatic hydroxyl groups is 1. The molecule has 3 rings (SSSR count). The molecule has 1 heterocycles. The van der Waals surface area contributed by atoms with E-state index in [0.29, 0.717) is 0 Å². The number of carbonyl (C=O) groups is 1. The van der Waals surface area contributed by atoms with Gasteiger partial charge in [0.2, 0.25) is 5.91 Å². The van der Waals surface area contributed by atoms with Gasteiger partial charge in [-0.1, -0.05) is 24.3 Å². The Hall–Kier alpha value is -2.92. The molecule has 2 N–H and O–H groups in total. The molecule has 2 aromatic carbocycles. The first-order valence-electron chi connectivity index (χ1n) is 8.07. The Bertz CT molecular complexity index is 865. The lowest BCUT2D eigenvalue weighted by molar-refractivity contribution is -0.120. The van der Waals surface area contributed by atoms with Crippen molar-refractivity contribution in [2.24, 2.45) is 0 Å². The van der Waals surface area contributed by atoms with Gasteiger partial charge in [-0.3, -0.25) is 9.78 Å². The summed E-state index contributed by atoms with van der Waals surface area (Å²) in [7, 11) is 1.62. The minimum atomic E-state index is -0.750. The number of carbonyl (C=O) groups excluding carboxylic acids is 1. The zero-order chi connectivity index (χ0) is 17.6. The molecular weight excluding hydrogens is 316 g/mol. The second kappa shape index (κ2) is 7.77. The van der Waals surface area contributed by atoms with Gasteiger partial charge in [-0.05, 0) is 46.2 Å². The van der Waals surface area contributed by atoms with Crippen LogP contribution in [0, 0.1) is 0 Å². The topological polar surface area (TPSA) is 71.5 Å². The number of rotatable bonds is 6. The normalized spacial score (nSPS) is 11.9. The van der Waals surface area contributed by atoms with Crippen LogP contribution < -0.4 is 10.1 Å². The van der Waals surface area contributed by atoms with Crippen molar-refractivity contribution in [3.05, 3.63) is 72.1 Å². The molecule has 0 saturated carbocycles. The second-order valence-corrected chi connectivity index (χ2v) is 5.78. The molecule has 0 saturated heterocycles. The van der Waals surface area contributed by atoms with E-state index in [9.17, 15) is 9.90 Å². The molecule has 0 bridgehead atoms. The predicted octanol–water partition coefficient (Wildman–Crippen LogP) is 2.64. The highest BCUT2D eigenvalue weighted by Crippen LogP contribution is 2.24. The molecule has 0 radical (unpaired) electrons. The van der Waals surface area contributed by atoms with Crippen LogP contribution in [0.1, 0.15) is 17.2 Å². The summed E-state index contributed by atoms with van der Waals surface area (Å²) in [6.45, 7) is 0.164. The fourth-order valence-electron chi connectivity index (χ4n) is 2.75. The summed E-state index contributed by atoms with van der Waals surface area (Å²) < 4.78 is 5.27. The average Bonchev–Trinajstić information content (AvgIpc) is 2.66. The molecule has 0 aliphatic rings. The maximum atomic E-state index is 12.3. The summed E-state index contributed by atoms with van der Waals surface area (Å²) in [5, 5.41) is 14.9. The Morgan fingerprint density at radius 1 is 1.20 bits per heavy atom. The minimum absolute atomic E-state index is 0.136. The third-order valence-corrected chi connectivity index (χ3v) is 4.11. The Balaban J connectivity index is 1.68. The smallest absolute Gasteiger partial charge is 0.224 e. The van der Waals surface area contributed by atoms with E-state index >= 15 is 0 Å². The van der Waals surface area contributed by atoms with Crippen LogP contribution in [0.15, 0.2) is 60.9 Å². The van der Waals surface area contributed by atoms with Crippen LogP contribution in [0.2, 0.25) is 0 Å². The number of aromatic nitrogens is 1. The largest absolute Gasteiger partial charge is 0.497 e. The monoisotopic (exact) mass is 336 g/mol. The lowest BCUT2D eigenvalue weighted by Gasteiger charge is -2.13. The van der Waals surface area contributed by atoms with E-state index in [1.54, 1.807) is 31.6 Å². The molecule has 0 aliphatic carbocycles. The average molecular weight is 336 g/mol. The third kappa shape index (κ3) is 4.14. The lowest BCUT2D eigenvalue weighted by Crippen LogP contribution is -2.29. The Morgan fingerprint density at radius 3 is 2.76 bits per heavy atom. The van der Waals surface area contributed by atoms with E-state index < -0.39 is 6.10 Å². The van der Waals surface area contributed by atoms with Gasteiger partial charge in [-0.15, -0.1) is 0 Å². The molecule has 128 valence electrons. The van der Waals surface area contributed by atoms with Crippen LogP contribution in [-0.4, -0.2) is 29.7 Å². The van der Waals surface area contributed by atoms with Crippen molar-refractivity contribution in [1.82, 2.24) is 10.3 Å². The highest BCUT2D eigenvalue weighted by molar-refractivity contribution is 5.91. The first kappa shape index (κ1) is 16.9. The van der Waals surface area contributed by atoms with Gasteiger partial charge in [0.1, 0.15) is 5.75 Å². The van der Waals surface area contributed by atoms with Crippen LogP contribution in [0.25, 0.3) is 10.8 Å². The molecule has 1 aromatic heterocycles. The lowest BCUT2D eigenvalue weighted by atomic mass is 10.0. The summed E-state index contributed by atoms with van der Waals surface area (Å²) in [6, 6.07) is 15.1. The third-order valence-electron chi connectivity index (χ3n) is 4.11. The molecule has 1 atom stereocenters. The van der Waals surface area contributed by atoms with Crippen molar-refractivity contribution in [2.45, 2.75) is 12.5 Å². The van der Waals surface area contributed by atoms with Gasteiger partial charge in [-0.2, -0.15) is 0 Å². The number of hydrogen-bond donors (Lipinski definition) is 2. The number of nitrogens with one attached hydrogen (secondary N) is 1. The SMILES string of the molecule is COc1ccc2cccc(CC(=O)NC[C@H](O)c3ccncc3)c2c1. The molecule has 1 amide bonds. The molecule has 0 aliphatic heterocycles. The van der Waals surface area contributed by atoms with Gasteiger partial charge < -0.3 is 15.2 Å². The van der Waals surface area contributed by atoms with Gasteiger partial charge in [-0.25, -0.2) is 0 Å². The van der Waals surface area contributed by atoms with E-state index in [-0.39, 0.29) is 18.9 Å². The quantitative estimate of drug-likeness (QED) is 0.726. The van der Waals surface area contributed by atoms with E-state index in [4.69, 9.17) is 4.74 Å². The maximum Gasteiger partial charge on any atom is 0.224 e. The number of ether oxygens (including phenoxy) is 1. The number of aliphatic hydroxyl groups excluding tert-OH is 1. The van der Waals surface area contributed by atoms with Crippen molar-refractivity contribution in [3.63, 3.8) is 0 Å². The second-order valence-electron chi connectivity index (χ2n) is 5.78. The highest BCUT2D eigenvalue weighted by atomic mass is 16.5. The van der Waals surface area contributed by atoms with E-state index in [1.165, 1.54) is 0 Å². The first-order chi connectivity index (χ1) is 12.2. The molecule has 5 heteroatoms. The summed E-state index contributed by atoms with van der Waals surface area (Å²) in [6.07, 6.45) is 2.72. The molecule has 5 nitrogen and oxygen atoms in total. The van der Waals surface area contributed by atoms with Crippen molar-refractivity contribution < 1.29 is 14.6 Å². The van der Waals surface area contributed by atoms with Crippen LogP contribution >= 0.6 is 0 Å². The van der Waals surface area contributed by atoms with Gasteiger partial charge in [0, 0.05) is 18.9 Å². The summed E-state index contributed by atoms with van der Waals surface area (Å²) in [5.41, 5.74) is 1.65. The first-order valence-corrected chi connectivity index (χ1v) is 8.07. The minimum Gasteiger partial charge on any atom is -0.497 e. The van der Waals surface area contributed by atoms with Gasteiger partial charge >= 0.3 is 0 Å². The van der Waals surface area contributed by atoms with Crippen LogP contribution in [0.3, 0.4) is 0 Å². The molecule has 0 spiro atoms. The number of hydrogen-bond acceptors (Lipinski definition) is 4. The standard InChI is InChI=1S/C20H20N2O3/c1-25-17-6-5-14-3-2-4-16(18(14)12-17)11-20(24)22-13-19(23)15-7-9-21-10-8-15/h2-10,12,19,23H,11,13H2,1H3,(H,22,24)/t19-/m0/s1. The number of amides is 1. The van der Waals surface area contributed by atoms with Crippen LogP contribution in [0.4, 0.5) is 0 Å². The highest BCUT2D eigenvalue weighted by Gasteiger charge is 2.11. The van der Waals surface area contributed by atoms with Crippen molar-refractivity contribution in [3.8, 4) is 5.75 Å². The maximum absolute atomic E-state index is 12.3. The Kier molecular flexibility index (Phi) is 5.26. The fraction of sp³-hybridized carbons (Fsp3) is 0.200. The van der Waals surface area contributed by atoms with Gasteiger partial charge in [0.05, 0.1) is 19.6 Å². The number of nitrogens with zero attached hydrogens (tertiary/aromatic N) is 1. The zero-order valence-electron chi connectivity index (χ0n) is 14.0. The zero-order valence-corrected chi connectivity index (χ0v) is 14.0. The summed E-state index contributed by atoms with van der Waals surface area (Å²) >= 11 is 0. The van der Waals surface area contributed by atoms with E-state index in [2.05, 4.69) is 10.3 Å². The number of fused-ring (bicyclic) bond motifs is 1. The Morgan fingerprint density at radius 2 is 2.00 bits per heavy atom. The van der Waals surface area contributed by atoms with Gasteiger partial charge in [0.15, 0.2) is 0 Å². The van der Waals surface area contributed by atoms with Crippen LogP contribution in [-0.2, 0) is 11.2 Å². The van der Waals surface area contributed by atoms with Crippen molar-refractivity contribution in [1.29, 1.82) is 0 Å². The molecule has 0 fully saturated rings. The molecule has 3 aromatic rings. The van der Waals surface area contributed by atoms with Crippen molar-refractivity contribution >= 4 is 16.7 Å². The number of pyridine rings is 1. The molecule has 0 unspecified atom stereocenters. The Labute approximate surface area is 146 Å². The summed E-state index contributed by atoms with van der Waals surface area (Å²) in [5.74, 6) is 0.622. The fourth-order valence-corrected chi connectivity index (χ4v) is 2.75. The number of methoxy groups -OCH3 is 1. The predicted molar refractivity (Wildman–Crippen MR) is 96.4 cm³/mol. The summed E-state index contributed by atoms with van der Waals surface area (Å²) in [4.78, 5) is 16.2. The van der Waals surface area contributed by atoms with E-state index in [1.807, 2.05) is 36.4 Å². The molecular formula is C20H20N2O3. The number of benzene rings is 2.